The van der Waals surface area contributed by atoms with Crippen molar-refractivity contribution in [3.63, 3.8) is 0 Å². The second kappa shape index (κ2) is 13.4. The van der Waals surface area contributed by atoms with E-state index in [-0.39, 0.29) is 33.5 Å². The number of carbonyl (C=O) groups is 2. The molecule has 2 amide bonds. The molecule has 2 aromatic carbocycles. The van der Waals surface area contributed by atoms with Crippen LogP contribution in [0.2, 0.25) is 10.0 Å². The minimum atomic E-state index is -1.55. The summed E-state index contributed by atoms with van der Waals surface area (Å²) in [6, 6.07) is 5.32. The van der Waals surface area contributed by atoms with Gasteiger partial charge in [0.15, 0.2) is 0 Å². The van der Waals surface area contributed by atoms with Crippen molar-refractivity contribution in [2.75, 3.05) is 18.5 Å². The van der Waals surface area contributed by atoms with Crippen molar-refractivity contribution in [1.82, 2.24) is 10.6 Å². The first-order valence-corrected chi connectivity index (χ1v) is 15.5. The van der Waals surface area contributed by atoms with Gasteiger partial charge in [0.05, 0.1) is 22.2 Å². The quantitative estimate of drug-likeness (QED) is 0.203. The van der Waals surface area contributed by atoms with Crippen molar-refractivity contribution in [3.8, 4) is 0 Å². The second-order valence-electron chi connectivity index (χ2n) is 13.1. The fraction of sp³-hybridized carbons (Fsp3) is 0.562. The number of amides is 2. The largest absolute Gasteiger partial charge is 0.396 e. The first kappa shape index (κ1) is 33.6. The Morgan fingerprint density at radius 3 is 2.53 bits per heavy atom. The Bertz CT molecular complexity index is 1350. The van der Waals surface area contributed by atoms with Gasteiger partial charge in [-0.05, 0) is 79.7 Å². The van der Waals surface area contributed by atoms with Gasteiger partial charge in [0.2, 0.25) is 11.8 Å². The van der Waals surface area contributed by atoms with Crippen molar-refractivity contribution in [1.29, 1.82) is 0 Å². The van der Waals surface area contributed by atoms with E-state index in [0.717, 1.165) is 0 Å². The minimum Gasteiger partial charge on any atom is -0.396 e. The highest BCUT2D eigenvalue weighted by atomic mass is 35.5. The van der Waals surface area contributed by atoms with Crippen molar-refractivity contribution in [3.05, 3.63) is 63.1 Å². The molecule has 11 heteroatoms. The first-order valence-electron chi connectivity index (χ1n) is 14.8. The molecular formula is C32H41Cl2F2N3O4. The molecule has 236 valence electrons. The molecule has 6 atom stereocenters. The average Bonchev–Trinajstić information content (AvgIpc) is 3.37. The molecule has 1 saturated heterocycles. The van der Waals surface area contributed by atoms with Crippen molar-refractivity contribution in [2.45, 2.75) is 89.3 Å². The van der Waals surface area contributed by atoms with E-state index in [4.69, 9.17) is 23.2 Å². The third-order valence-corrected chi connectivity index (χ3v) is 9.18. The maximum absolute atomic E-state index is 15.9. The Balaban J connectivity index is 1.76. The number of aliphatic hydroxyl groups excluding tert-OH is 2. The van der Waals surface area contributed by atoms with Gasteiger partial charge in [-0.15, -0.1) is 0 Å². The molecule has 0 bridgehead atoms. The maximum atomic E-state index is 15.9. The molecule has 1 fully saturated rings. The van der Waals surface area contributed by atoms with Crippen LogP contribution in [-0.2, 0) is 15.0 Å². The molecule has 0 saturated carbocycles. The zero-order chi connectivity index (χ0) is 31.7. The molecule has 43 heavy (non-hydrogen) atoms. The number of benzene rings is 2. The lowest BCUT2D eigenvalue weighted by molar-refractivity contribution is -0.123. The topological polar surface area (TPSA) is 111 Å². The summed E-state index contributed by atoms with van der Waals surface area (Å²) in [5, 5.41) is 28.0. The number of halogens is 4. The summed E-state index contributed by atoms with van der Waals surface area (Å²) in [5.74, 6) is -3.35. The number of carbonyl (C=O) groups excluding carboxylic acids is 2. The van der Waals surface area contributed by atoms with Crippen LogP contribution in [0.25, 0.3) is 0 Å². The standard InChI is InChI=1S/C32H41Cl2F2N3O4/c1-17(41)13-18(10-12-40)7-6-11-37-29(42)28-26(19-8-5-9-21(33)27(19)36)32(25(39-28)16-31(2,3)4)20-14-23(35)22(34)15-24(20)38-30(32)43/h5,8-9,14-15,17-18,25-26,28,39-41H,6-7,10-13,16H2,1-4H3,(H,37,42)(H,38,43)/t17-,18?,25-,26+,28-,32+/m1/s1. The number of anilines is 1. The van der Waals surface area contributed by atoms with E-state index in [0.29, 0.717) is 49.9 Å². The molecule has 1 unspecified atom stereocenters. The van der Waals surface area contributed by atoms with Crippen LogP contribution >= 0.6 is 23.2 Å². The molecule has 2 aliphatic heterocycles. The fourth-order valence-electron chi connectivity index (χ4n) is 6.92. The lowest BCUT2D eigenvalue weighted by Crippen LogP contribution is -2.49. The predicted octanol–water partition coefficient (Wildman–Crippen LogP) is 5.69. The molecule has 2 aromatic rings. The first-order chi connectivity index (χ1) is 20.2. The molecular weight excluding hydrogens is 599 g/mol. The number of aliphatic hydroxyl groups is 2. The SMILES string of the molecule is C[C@@H](O)CC(CCO)CCCNC(=O)[C@@H]1N[C@H](CC(C)(C)C)[C@]2(C(=O)Nc3cc(Cl)c(F)cc32)[C@H]1c1cccc(Cl)c1F. The highest BCUT2D eigenvalue weighted by Gasteiger charge is 2.66. The molecule has 7 nitrogen and oxygen atoms in total. The molecule has 0 aliphatic carbocycles. The molecule has 1 spiro atoms. The number of hydrogen-bond donors (Lipinski definition) is 5. The Kier molecular flexibility index (Phi) is 10.4. The number of nitrogens with one attached hydrogen (secondary N) is 3. The number of fused-ring (bicyclic) bond motifs is 2. The van der Waals surface area contributed by atoms with Gasteiger partial charge in [-0.1, -0.05) is 56.1 Å². The molecule has 0 aromatic heterocycles. The van der Waals surface area contributed by atoms with Crippen LogP contribution < -0.4 is 16.0 Å². The molecule has 2 heterocycles. The van der Waals surface area contributed by atoms with E-state index in [1.807, 2.05) is 20.8 Å². The lowest BCUT2D eigenvalue weighted by Gasteiger charge is -2.37. The highest BCUT2D eigenvalue weighted by Crippen LogP contribution is 2.57. The Hall–Kier alpha value is -2.30. The molecule has 2 aliphatic rings. The average molecular weight is 641 g/mol. The van der Waals surface area contributed by atoms with E-state index >= 15 is 8.78 Å². The summed E-state index contributed by atoms with van der Waals surface area (Å²) >= 11 is 12.3. The molecule has 4 rings (SSSR count). The zero-order valence-corrected chi connectivity index (χ0v) is 26.5. The summed E-state index contributed by atoms with van der Waals surface area (Å²) in [6.07, 6.45) is 2.28. The Morgan fingerprint density at radius 2 is 1.88 bits per heavy atom. The lowest BCUT2D eigenvalue weighted by atomic mass is 9.62. The Labute approximate surface area is 261 Å². The minimum absolute atomic E-state index is 0.00914. The van der Waals surface area contributed by atoms with Crippen LogP contribution in [0.3, 0.4) is 0 Å². The van der Waals surface area contributed by atoms with Crippen LogP contribution in [-0.4, -0.2) is 53.4 Å². The van der Waals surface area contributed by atoms with Crippen LogP contribution in [0.15, 0.2) is 30.3 Å². The van der Waals surface area contributed by atoms with Crippen LogP contribution in [0, 0.1) is 23.0 Å². The highest BCUT2D eigenvalue weighted by molar-refractivity contribution is 6.31. The number of hydrogen-bond acceptors (Lipinski definition) is 5. The summed E-state index contributed by atoms with van der Waals surface area (Å²) in [6.45, 7) is 8.00. The molecule has 0 radical (unpaired) electrons. The van der Waals surface area contributed by atoms with Gasteiger partial charge in [-0.3, -0.25) is 9.59 Å². The summed E-state index contributed by atoms with van der Waals surface area (Å²) in [5.41, 5.74) is -1.17. The summed E-state index contributed by atoms with van der Waals surface area (Å²) in [7, 11) is 0. The zero-order valence-electron chi connectivity index (χ0n) is 24.9. The van der Waals surface area contributed by atoms with E-state index in [2.05, 4.69) is 16.0 Å². The second-order valence-corrected chi connectivity index (χ2v) is 13.9. The summed E-state index contributed by atoms with van der Waals surface area (Å²) < 4.78 is 30.9. The molecule has 5 N–H and O–H groups in total. The van der Waals surface area contributed by atoms with E-state index < -0.39 is 53.0 Å². The van der Waals surface area contributed by atoms with Crippen LogP contribution in [0.4, 0.5) is 14.5 Å². The van der Waals surface area contributed by atoms with Gasteiger partial charge in [0.1, 0.15) is 17.0 Å². The van der Waals surface area contributed by atoms with Gasteiger partial charge < -0.3 is 26.2 Å². The van der Waals surface area contributed by atoms with E-state index in [1.165, 1.54) is 24.3 Å². The van der Waals surface area contributed by atoms with Crippen LogP contribution in [0.1, 0.15) is 76.8 Å². The Morgan fingerprint density at radius 1 is 1.16 bits per heavy atom. The van der Waals surface area contributed by atoms with Gasteiger partial charge in [0.25, 0.3) is 0 Å². The third kappa shape index (κ3) is 6.86. The van der Waals surface area contributed by atoms with Crippen LogP contribution in [0.5, 0.6) is 0 Å². The smallest absolute Gasteiger partial charge is 0.237 e. The van der Waals surface area contributed by atoms with Crippen molar-refractivity contribution in [2.24, 2.45) is 11.3 Å². The van der Waals surface area contributed by atoms with Gasteiger partial charge in [-0.2, -0.15) is 0 Å². The monoisotopic (exact) mass is 639 g/mol. The third-order valence-electron chi connectivity index (χ3n) is 8.60. The van der Waals surface area contributed by atoms with Gasteiger partial charge in [-0.25, -0.2) is 8.78 Å². The van der Waals surface area contributed by atoms with Gasteiger partial charge >= 0.3 is 0 Å². The normalized spacial score (nSPS) is 24.6. The van der Waals surface area contributed by atoms with Crippen molar-refractivity contribution < 1.29 is 28.6 Å². The number of rotatable bonds is 11. The summed E-state index contributed by atoms with van der Waals surface area (Å²) in [4.78, 5) is 28.1. The fourth-order valence-corrected chi connectivity index (χ4v) is 7.27. The van der Waals surface area contributed by atoms with Crippen molar-refractivity contribution >= 4 is 40.7 Å². The van der Waals surface area contributed by atoms with E-state index in [9.17, 15) is 19.8 Å². The predicted molar refractivity (Wildman–Crippen MR) is 164 cm³/mol. The van der Waals surface area contributed by atoms with E-state index in [1.54, 1.807) is 13.0 Å². The van der Waals surface area contributed by atoms with Gasteiger partial charge in [0, 0.05) is 30.8 Å². The maximum Gasteiger partial charge on any atom is 0.237 e.